The van der Waals surface area contributed by atoms with Crippen LogP contribution in [0.5, 0.6) is 46.0 Å². The van der Waals surface area contributed by atoms with Gasteiger partial charge in [0, 0.05) is 125 Å². The van der Waals surface area contributed by atoms with Gasteiger partial charge in [-0.1, -0.05) is 72.1 Å². The van der Waals surface area contributed by atoms with Crippen molar-refractivity contribution in [3.05, 3.63) is 365 Å². The van der Waals surface area contributed by atoms with Crippen molar-refractivity contribution in [1.29, 1.82) is 0 Å². The number of alkyl halides is 3. The van der Waals surface area contributed by atoms with Crippen molar-refractivity contribution in [1.82, 2.24) is 49.0 Å². The van der Waals surface area contributed by atoms with E-state index >= 15 is 0 Å². The monoisotopic (exact) mass is 1840 g/mol. The minimum absolute atomic E-state index is 0. The number of nitrogens with zero attached hydrogens (tertiary/aromatic N) is 10. The molecule has 0 spiro atoms. The molecule has 22 nitrogen and oxygen atoms in total. The molecular weight excluding hydrogens is 1750 g/mol. The van der Waals surface area contributed by atoms with Crippen LogP contribution in [0.4, 0.5) is 5.82 Å². The first-order valence-electron chi connectivity index (χ1n) is 34.9. The van der Waals surface area contributed by atoms with Crippen molar-refractivity contribution in [2.45, 2.75) is 97.5 Å². The molecule has 0 amide bonds. The Bertz CT molecular complexity index is 4910. The summed E-state index contributed by atoms with van der Waals surface area (Å²) in [6.45, 7) is 16.8. The topological polar surface area (TPSA) is 322 Å². The van der Waals surface area contributed by atoms with Gasteiger partial charge in [-0.25, -0.2) is 20.8 Å². The predicted octanol–water partition coefficient (Wildman–Crippen LogP) is 17.1. The molecule has 0 unspecified atom stereocenters. The normalized spacial score (nSPS) is 9.70. The van der Waals surface area contributed by atoms with Crippen molar-refractivity contribution in [3.8, 4) is 57.6 Å². The molecule has 14 aromatic rings. The van der Waals surface area contributed by atoms with E-state index < -0.39 is 0 Å². The second kappa shape index (κ2) is 55.4. The van der Waals surface area contributed by atoms with E-state index in [-0.39, 0.29) is 81.7 Å². The number of rotatable bonds is 20. The second-order valence-electron chi connectivity index (χ2n) is 24.5. The minimum atomic E-state index is 0. The molecule has 0 aliphatic carbocycles. The second-order valence-corrected chi connectivity index (χ2v) is 26.2. The summed E-state index contributed by atoms with van der Waals surface area (Å²) < 4.78 is 33.3. The van der Waals surface area contributed by atoms with E-state index in [1.54, 1.807) is 92.3 Å². The van der Waals surface area contributed by atoms with Crippen molar-refractivity contribution < 1.29 is 79.2 Å². The summed E-state index contributed by atoms with van der Waals surface area (Å²) in [4.78, 5) is 33.4. The minimum Gasteiger partial charge on any atom is -0.870 e. The number of halogens is 5. The Morgan fingerprint density at radius 3 is 0.887 bits per heavy atom. The fourth-order valence-electron chi connectivity index (χ4n) is 10.3. The van der Waals surface area contributed by atoms with E-state index in [0.29, 0.717) is 44.6 Å². The molecule has 0 aliphatic rings. The van der Waals surface area contributed by atoms with Crippen LogP contribution in [-0.2, 0) is 49.0 Å². The predicted molar refractivity (Wildman–Crippen MR) is 466 cm³/mol. The number of aryl methyl sites for hydroxylation is 7. The van der Waals surface area contributed by atoms with Gasteiger partial charge in [-0.15, -0.1) is 29.4 Å². The van der Waals surface area contributed by atoms with Gasteiger partial charge in [0.25, 0.3) is 0 Å². The molecule has 0 saturated carbocycles. The van der Waals surface area contributed by atoms with E-state index in [2.05, 4.69) is 188 Å². The first kappa shape index (κ1) is 99.1. The summed E-state index contributed by atoms with van der Waals surface area (Å²) in [7, 11) is 0. The third-order valence-electron chi connectivity index (χ3n) is 15.5. The summed E-state index contributed by atoms with van der Waals surface area (Å²) in [6, 6.07) is 67.9. The number of anilines is 1. The van der Waals surface area contributed by atoms with Crippen molar-refractivity contribution in [2.75, 3.05) is 5.73 Å². The molecule has 28 heteroatoms. The van der Waals surface area contributed by atoms with Crippen molar-refractivity contribution in [3.63, 3.8) is 0 Å². The third-order valence-corrected chi connectivity index (χ3v) is 17.4. The standard InChI is InChI=1S/C25H25N3O2.C19H19N3O2.C13H15BrN2.C12H11NO2.2C6H6BrN.C6H6O2.BrH.ClH.H3NO.Na.H2O/c1-18-13-22(27-25(14-18)28-19(2)7-8-20(28)3)17-30-24-6-4-5-23(15-24)29-16-21-9-11-26-12-10-21;1-14-9-16(22-19(20)10-14)13-24-18-4-2-3-17(11-18)23-12-15-5-7-21-8-6-15;1-9-6-12(8-14)15-13(7-9)16-10(2)4-5-11(16)3;14-11-2-1-3-12(8-11)15-9-10-4-6-13-7-5-10;2*7-5-6-1-3-8-4-2-6;7-5-2-1-3-6(8)4-5;;;1-2;;/h4-15H,16-17H2,1-3H3;2-11H,12-13H2,1H3,(H2,20,22);4-7H,8H2,1-3H3;1-8,14H,9H2;2*1-4H,5H2;1-4,7-8H;2*1H;2H,1H2;;1H2/q;;;;;;;;;;+1;/p-1. The van der Waals surface area contributed by atoms with Gasteiger partial charge in [-0.2, -0.15) is 0 Å². The van der Waals surface area contributed by atoms with Crippen LogP contribution in [0.1, 0.15) is 84.4 Å². The zero-order valence-corrected chi connectivity index (χ0v) is 74.4. The van der Waals surface area contributed by atoms with Crippen LogP contribution in [0.2, 0.25) is 0 Å². The van der Waals surface area contributed by atoms with Crippen LogP contribution < -0.4 is 64.9 Å². The number of hydrogen-bond donors (Lipinski definition) is 6. The molecule has 0 atom stereocenters. The van der Waals surface area contributed by atoms with Crippen LogP contribution in [0.25, 0.3) is 11.6 Å². The molecule has 0 radical (unpaired) electrons. The number of nitrogen functional groups attached to an aromatic ring is 1. The van der Waals surface area contributed by atoms with Gasteiger partial charge in [0.15, 0.2) is 0 Å². The quantitative estimate of drug-likeness (QED) is 0.0234. The summed E-state index contributed by atoms with van der Waals surface area (Å²) in [5.41, 5.74) is 22.5. The van der Waals surface area contributed by atoms with Gasteiger partial charge in [0.2, 0.25) is 0 Å². The van der Waals surface area contributed by atoms with E-state index in [1.165, 1.54) is 46.3 Å². The number of phenols is 3. The molecule has 0 fully saturated rings. The molecule has 9 N–H and O–H groups in total. The van der Waals surface area contributed by atoms with Gasteiger partial charge in [-0.3, -0.25) is 24.9 Å². The maximum atomic E-state index is 9.22. The molecule has 0 bridgehead atoms. The zero-order valence-electron chi connectivity index (χ0n) is 65.1. The summed E-state index contributed by atoms with van der Waals surface area (Å²) in [6.07, 6.45) is 17.6. The van der Waals surface area contributed by atoms with Crippen molar-refractivity contribution >= 4 is 83.0 Å². The Morgan fingerprint density at radius 1 is 0.322 bits per heavy atom. The molecule has 10 aromatic heterocycles. The van der Waals surface area contributed by atoms with Crippen molar-refractivity contribution in [2.24, 2.45) is 5.90 Å². The van der Waals surface area contributed by atoms with Gasteiger partial charge in [-0.05, 0) is 263 Å². The molecule has 115 heavy (non-hydrogen) atoms. The number of nitrogens with two attached hydrogens (primary N) is 2. The zero-order chi connectivity index (χ0) is 79.5. The molecule has 598 valence electrons. The molecule has 4 aromatic carbocycles. The number of hydrogen-bond acceptors (Lipinski definition) is 20. The average Bonchev–Trinajstić information content (AvgIpc) is 1.71. The Balaban J connectivity index is 0.000000362. The maximum absolute atomic E-state index is 9.22. The summed E-state index contributed by atoms with van der Waals surface area (Å²) >= 11 is 10.1. The van der Waals surface area contributed by atoms with Crippen LogP contribution in [0, 0.1) is 48.5 Å². The first-order valence-corrected chi connectivity index (χ1v) is 38.2. The van der Waals surface area contributed by atoms with Gasteiger partial charge in [0.05, 0.1) is 17.1 Å². The van der Waals surface area contributed by atoms with E-state index in [1.807, 2.05) is 128 Å². The molecule has 0 saturated heterocycles. The molecule has 10 heterocycles. The number of phenolic OH excluding ortho intramolecular Hbond substituents is 3. The number of benzene rings is 4. The molecule has 14 rings (SSSR count). The number of aromatic nitrogens is 10. The largest absolute Gasteiger partial charge is 1.00 e. The number of ether oxygens (including phenoxy) is 5. The van der Waals surface area contributed by atoms with E-state index in [9.17, 15) is 5.11 Å². The fraction of sp³-hybridized carbons (Fsp3) is 0.172. The Hall–Kier alpha value is -10.1. The summed E-state index contributed by atoms with van der Waals surface area (Å²) in [5.74, 6) is 9.97. The van der Waals surface area contributed by atoms with Crippen LogP contribution in [0.15, 0.2) is 280 Å². The van der Waals surface area contributed by atoms with Gasteiger partial charge in [0.1, 0.15) is 96.5 Å². The van der Waals surface area contributed by atoms with Crippen LogP contribution >= 0.6 is 77.2 Å². The summed E-state index contributed by atoms with van der Waals surface area (Å²) in [5, 5.41) is 35.6. The molecule has 0 aliphatic heterocycles. The van der Waals surface area contributed by atoms with Crippen LogP contribution in [-0.4, -0.2) is 75.0 Å². The Morgan fingerprint density at radius 2 is 0.591 bits per heavy atom. The maximum Gasteiger partial charge on any atom is 1.00 e. The number of aromatic hydroxyl groups is 3. The molecular formula is C87H94Br4ClN12NaO10. The average molecular weight is 1850 g/mol. The van der Waals surface area contributed by atoms with Gasteiger partial charge < -0.3 is 64.6 Å². The van der Waals surface area contributed by atoms with E-state index in [0.717, 1.165) is 107 Å². The third kappa shape index (κ3) is 37.0. The Labute approximate surface area is 736 Å². The SMILES string of the molecule is Br.BrCc1ccncc1.BrCc1ccncc1.Cc1cc(CBr)nc(-n2c(C)ccc2C)c1.Cc1cc(COc2cccc(OCc3ccncc3)c2)nc(-n2c(C)ccc2C)c1.Cc1cc(N)nc(COc2cccc(OCc3ccncc3)c2)c1.Cl.NO.Oc1cccc(O)c1.Oc1cccc(OCc2ccncc2)c1.[Na+].[OH-]. The Kier molecular flexibility index (Phi) is 47.8. The first-order chi connectivity index (χ1) is 53.9. The van der Waals surface area contributed by atoms with E-state index in [4.69, 9.17) is 49.8 Å². The van der Waals surface area contributed by atoms with Gasteiger partial charge >= 0.3 is 29.6 Å². The smallest absolute Gasteiger partial charge is 0.870 e. The fourth-order valence-corrected chi connectivity index (χ4v) is 11.3. The van der Waals surface area contributed by atoms with Crippen LogP contribution in [0.3, 0.4) is 0 Å². The number of pyridine rings is 8.